The van der Waals surface area contributed by atoms with Gasteiger partial charge in [-0.1, -0.05) is 11.3 Å². The highest BCUT2D eigenvalue weighted by Crippen LogP contribution is 2.60. The minimum Gasteiger partial charge on any atom is -0.397 e. The van der Waals surface area contributed by atoms with E-state index in [-0.39, 0.29) is 5.91 Å². The summed E-state index contributed by atoms with van der Waals surface area (Å²) in [7, 11) is 0. The van der Waals surface area contributed by atoms with Gasteiger partial charge in [-0.2, -0.15) is 11.3 Å². The summed E-state index contributed by atoms with van der Waals surface area (Å²) < 4.78 is 1.90. The molecule has 4 aliphatic carbocycles. The Balaban J connectivity index is 1.18. The van der Waals surface area contributed by atoms with Crippen molar-refractivity contribution < 1.29 is 4.79 Å². The zero-order valence-electron chi connectivity index (χ0n) is 17.5. The lowest BCUT2D eigenvalue weighted by atomic mass is 9.49. The highest BCUT2D eigenvalue weighted by atomic mass is 32.1. The lowest BCUT2D eigenvalue weighted by molar-refractivity contribution is -0.0637. The van der Waals surface area contributed by atoms with E-state index in [1.807, 2.05) is 28.3 Å². The maximum Gasteiger partial charge on any atom is 0.277 e. The molecule has 4 aliphatic rings. The molecule has 0 saturated heterocycles. The number of nitrogens with one attached hydrogen (secondary N) is 1. The SMILES string of the molecule is Nc1ccc(-c2ccsc2)cc1NC(=O)c1cn(CC23CC4CC(CC(C4)C2)C3)nn1. The lowest BCUT2D eigenvalue weighted by Gasteiger charge is -2.56. The molecule has 1 amide bonds. The topological polar surface area (TPSA) is 85.8 Å². The first-order chi connectivity index (χ1) is 15.1. The predicted molar refractivity (Wildman–Crippen MR) is 123 cm³/mol. The average Bonchev–Trinajstić information content (AvgIpc) is 3.40. The third kappa shape index (κ3) is 3.55. The minimum absolute atomic E-state index is 0.272. The van der Waals surface area contributed by atoms with Crippen LogP contribution >= 0.6 is 11.3 Å². The molecule has 3 N–H and O–H groups in total. The summed E-state index contributed by atoms with van der Waals surface area (Å²) in [5, 5.41) is 15.5. The first kappa shape index (κ1) is 19.0. The summed E-state index contributed by atoms with van der Waals surface area (Å²) in [6.07, 6.45) is 10.0. The fourth-order valence-corrected chi connectivity index (χ4v) is 7.43. The van der Waals surface area contributed by atoms with Gasteiger partial charge in [0, 0.05) is 6.54 Å². The van der Waals surface area contributed by atoms with Crippen molar-refractivity contribution in [3.8, 4) is 11.1 Å². The van der Waals surface area contributed by atoms with Gasteiger partial charge in [-0.05, 0) is 102 Å². The maximum absolute atomic E-state index is 12.9. The number of thiophene rings is 1. The number of carbonyl (C=O) groups excluding carboxylic acids is 1. The molecule has 3 aromatic rings. The second-order valence-corrected chi connectivity index (χ2v) is 10.8. The Hall–Kier alpha value is -2.67. The van der Waals surface area contributed by atoms with Gasteiger partial charge in [-0.3, -0.25) is 9.48 Å². The quantitative estimate of drug-likeness (QED) is 0.551. The van der Waals surface area contributed by atoms with Crippen LogP contribution in [-0.4, -0.2) is 20.9 Å². The van der Waals surface area contributed by atoms with Crippen molar-refractivity contribution in [3.05, 3.63) is 46.9 Å². The second kappa shape index (κ2) is 7.19. The molecule has 0 atom stereocenters. The van der Waals surface area contributed by atoms with Crippen LogP contribution in [0.25, 0.3) is 11.1 Å². The largest absolute Gasteiger partial charge is 0.397 e. The van der Waals surface area contributed by atoms with Crippen LogP contribution in [0.5, 0.6) is 0 Å². The van der Waals surface area contributed by atoms with Crippen molar-refractivity contribution in [1.82, 2.24) is 15.0 Å². The van der Waals surface area contributed by atoms with E-state index >= 15 is 0 Å². The predicted octanol–water partition coefficient (Wildman–Crippen LogP) is 5.06. The van der Waals surface area contributed by atoms with Crippen molar-refractivity contribution in [3.63, 3.8) is 0 Å². The van der Waals surface area contributed by atoms with Crippen LogP contribution in [0, 0.1) is 23.2 Å². The van der Waals surface area contributed by atoms with Crippen LogP contribution in [0.2, 0.25) is 0 Å². The molecule has 4 fully saturated rings. The molecule has 2 aromatic heterocycles. The van der Waals surface area contributed by atoms with Gasteiger partial charge in [0.25, 0.3) is 5.91 Å². The molecular formula is C24H27N5OS. The van der Waals surface area contributed by atoms with Crippen LogP contribution < -0.4 is 11.1 Å². The molecule has 0 spiro atoms. The Labute approximate surface area is 185 Å². The second-order valence-electron chi connectivity index (χ2n) is 9.99. The molecule has 4 bridgehead atoms. The van der Waals surface area contributed by atoms with E-state index in [1.54, 1.807) is 17.5 Å². The summed E-state index contributed by atoms with van der Waals surface area (Å²) in [5.74, 6) is 2.42. The van der Waals surface area contributed by atoms with Gasteiger partial charge in [-0.15, -0.1) is 5.10 Å². The number of amides is 1. The molecule has 0 radical (unpaired) electrons. The van der Waals surface area contributed by atoms with Crippen LogP contribution in [0.4, 0.5) is 11.4 Å². The number of aromatic nitrogens is 3. The molecule has 0 unspecified atom stereocenters. The van der Waals surface area contributed by atoms with Gasteiger partial charge in [0.15, 0.2) is 5.69 Å². The zero-order chi connectivity index (χ0) is 21.0. The van der Waals surface area contributed by atoms with E-state index in [1.165, 1.54) is 38.5 Å². The van der Waals surface area contributed by atoms with E-state index in [2.05, 4.69) is 27.1 Å². The van der Waals surface area contributed by atoms with Crippen LogP contribution in [0.1, 0.15) is 49.0 Å². The summed E-state index contributed by atoms with van der Waals surface area (Å²) in [6.45, 7) is 0.882. The van der Waals surface area contributed by atoms with Crippen molar-refractivity contribution in [2.45, 2.75) is 45.1 Å². The molecule has 0 aliphatic heterocycles. The van der Waals surface area contributed by atoms with E-state index in [4.69, 9.17) is 5.73 Å². The third-order valence-electron chi connectivity index (χ3n) is 7.59. The van der Waals surface area contributed by atoms with Gasteiger partial charge in [0.05, 0.1) is 17.6 Å². The van der Waals surface area contributed by atoms with E-state index in [9.17, 15) is 4.79 Å². The molecule has 31 heavy (non-hydrogen) atoms. The summed E-state index contributed by atoms with van der Waals surface area (Å²) in [5.41, 5.74) is 10.1. The van der Waals surface area contributed by atoms with Gasteiger partial charge in [0.1, 0.15) is 0 Å². The van der Waals surface area contributed by atoms with Crippen molar-refractivity contribution >= 4 is 28.6 Å². The van der Waals surface area contributed by atoms with Crippen molar-refractivity contribution in [2.24, 2.45) is 23.2 Å². The normalized spacial score (nSPS) is 28.7. The summed E-state index contributed by atoms with van der Waals surface area (Å²) in [4.78, 5) is 12.9. The summed E-state index contributed by atoms with van der Waals surface area (Å²) in [6, 6.07) is 7.76. The van der Waals surface area contributed by atoms with Crippen LogP contribution in [0.3, 0.4) is 0 Å². The monoisotopic (exact) mass is 433 g/mol. The standard InChI is InChI=1S/C24H27N5OS/c25-20-2-1-18(19-3-4-31-13-19)8-21(20)26-23(30)22-12-29(28-27-22)14-24-9-15-5-16(10-24)7-17(6-15)11-24/h1-4,8,12-13,15-17H,5-7,9-11,14,25H2,(H,26,30). The number of carbonyl (C=O) groups is 1. The van der Waals surface area contributed by atoms with Gasteiger partial charge < -0.3 is 11.1 Å². The smallest absolute Gasteiger partial charge is 0.277 e. The molecule has 7 heteroatoms. The number of rotatable bonds is 5. The molecule has 7 rings (SSSR count). The first-order valence-electron chi connectivity index (χ1n) is 11.2. The molecule has 6 nitrogen and oxygen atoms in total. The van der Waals surface area contributed by atoms with Crippen LogP contribution in [0.15, 0.2) is 41.2 Å². The first-order valence-corrected chi connectivity index (χ1v) is 12.1. The number of hydrogen-bond acceptors (Lipinski definition) is 5. The van der Waals surface area contributed by atoms with Gasteiger partial charge >= 0.3 is 0 Å². The minimum atomic E-state index is -0.272. The Kier molecular flexibility index (Phi) is 4.42. The molecule has 2 heterocycles. The number of anilines is 2. The Morgan fingerprint density at radius 2 is 1.87 bits per heavy atom. The highest BCUT2D eigenvalue weighted by Gasteiger charge is 2.51. The Morgan fingerprint density at radius 1 is 1.13 bits per heavy atom. The van der Waals surface area contributed by atoms with Crippen molar-refractivity contribution in [1.29, 1.82) is 0 Å². The van der Waals surface area contributed by atoms with Crippen molar-refractivity contribution in [2.75, 3.05) is 11.1 Å². The van der Waals surface area contributed by atoms with E-state index < -0.39 is 0 Å². The summed E-state index contributed by atoms with van der Waals surface area (Å²) >= 11 is 1.64. The lowest BCUT2D eigenvalue weighted by Crippen LogP contribution is -2.48. The van der Waals surface area contributed by atoms with E-state index in [0.717, 1.165) is 35.4 Å². The third-order valence-corrected chi connectivity index (χ3v) is 8.27. The fourth-order valence-electron chi connectivity index (χ4n) is 6.77. The Morgan fingerprint density at radius 3 is 2.55 bits per heavy atom. The molecule has 1 aromatic carbocycles. The number of nitrogens with two attached hydrogens (primary N) is 1. The van der Waals surface area contributed by atoms with Gasteiger partial charge in [-0.25, -0.2) is 0 Å². The number of nitrogens with zero attached hydrogens (tertiary/aromatic N) is 3. The fraction of sp³-hybridized carbons (Fsp3) is 0.458. The van der Waals surface area contributed by atoms with Crippen LogP contribution in [-0.2, 0) is 6.54 Å². The number of nitrogen functional groups attached to an aromatic ring is 1. The number of hydrogen-bond donors (Lipinski definition) is 2. The molecule has 160 valence electrons. The highest BCUT2D eigenvalue weighted by molar-refractivity contribution is 7.08. The van der Waals surface area contributed by atoms with Gasteiger partial charge in [0.2, 0.25) is 0 Å². The zero-order valence-corrected chi connectivity index (χ0v) is 18.3. The Bertz CT molecular complexity index is 1080. The average molecular weight is 434 g/mol. The molecule has 4 saturated carbocycles. The molecular weight excluding hydrogens is 406 g/mol. The van der Waals surface area contributed by atoms with E-state index in [0.29, 0.717) is 22.5 Å². The maximum atomic E-state index is 12.9. The number of benzene rings is 1.